The fourth-order valence-electron chi connectivity index (χ4n) is 3.32. The molecule has 0 atom stereocenters. The molecule has 0 unspecified atom stereocenters. The molecule has 0 heterocycles. The van der Waals surface area contributed by atoms with Crippen LogP contribution in [0.15, 0.2) is 95.9 Å². The molecule has 0 amide bonds. The lowest BCUT2D eigenvalue weighted by Crippen LogP contribution is -2.34. The maximum absolute atomic E-state index is 13.2. The number of nitrogens with one attached hydrogen (secondary N) is 2. The van der Waals surface area contributed by atoms with Crippen LogP contribution in [0.25, 0.3) is 0 Å². The number of hydrogen-bond donors (Lipinski definition) is 2. The highest BCUT2D eigenvalue weighted by Gasteiger charge is 2.23. The zero-order chi connectivity index (χ0) is 21.8. The van der Waals surface area contributed by atoms with Crippen LogP contribution in [0.4, 0.5) is 0 Å². The molecule has 31 heavy (non-hydrogen) atoms. The van der Waals surface area contributed by atoms with Gasteiger partial charge in [-0.2, -0.15) is 4.31 Å². The minimum atomic E-state index is -3.54. The fraction of sp³-hybridized carbons (Fsp3) is 0.280. The summed E-state index contributed by atoms with van der Waals surface area (Å²) in [5.74, 6) is 0. The van der Waals surface area contributed by atoms with Crippen molar-refractivity contribution in [1.29, 1.82) is 0 Å². The Hall–Kier alpha value is -2.51. The molecule has 2 N–H and O–H groups in total. The average Bonchev–Trinajstić information content (AvgIpc) is 2.82. The summed E-state index contributed by atoms with van der Waals surface area (Å²) in [6.07, 6.45) is 0.748. The molecule has 0 bridgehead atoms. The van der Waals surface area contributed by atoms with Crippen molar-refractivity contribution in [1.82, 2.24) is 14.9 Å². The van der Waals surface area contributed by atoms with Crippen LogP contribution in [0, 0.1) is 0 Å². The van der Waals surface area contributed by atoms with Gasteiger partial charge in [-0.1, -0.05) is 78.9 Å². The first-order chi connectivity index (χ1) is 15.2. The van der Waals surface area contributed by atoms with E-state index in [1.807, 2.05) is 54.6 Å². The van der Waals surface area contributed by atoms with Gasteiger partial charge in [0.05, 0.1) is 4.90 Å². The third-order valence-electron chi connectivity index (χ3n) is 4.99. The first-order valence-corrected chi connectivity index (χ1v) is 12.1. The Morgan fingerprint density at radius 3 is 1.84 bits per heavy atom. The van der Waals surface area contributed by atoms with Gasteiger partial charge in [-0.15, -0.1) is 0 Å². The van der Waals surface area contributed by atoms with E-state index in [0.29, 0.717) is 18.0 Å². The van der Waals surface area contributed by atoms with Crippen LogP contribution >= 0.6 is 0 Å². The largest absolute Gasteiger partial charge is 0.315 e. The number of sulfonamides is 1. The Morgan fingerprint density at radius 1 is 0.645 bits per heavy atom. The highest BCUT2D eigenvalue weighted by Crippen LogP contribution is 2.18. The zero-order valence-electron chi connectivity index (χ0n) is 17.8. The molecule has 0 spiro atoms. The Balaban J connectivity index is 1.46. The highest BCUT2D eigenvalue weighted by molar-refractivity contribution is 7.89. The lowest BCUT2D eigenvalue weighted by Gasteiger charge is -2.22. The molecule has 5 nitrogen and oxygen atoms in total. The van der Waals surface area contributed by atoms with Gasteiger partial charge in [-0.25, -0.2) is 8.42 Å². The summed E-state index contributed by atoms with van der Waals surface area (Å²) in [4.78, 5) is 0.337. The summed E-state index contributed by atoms with van der Waals surface area (Å²) < 4.78 is 27.9. The number of nitrogens with zero attached hydrogens (tertiary/aromatic N) is 1. The lowest BCUT2D eigenvalue weighted by atomic mass is 10.2. The van der Waals surface area contributed by atoms with Crippen LogP contribution in [0.1, 0.15) is 17.5 Å². The first kappa shape index (κ1) is 23.2. The Labute approximate surface area is 186 Å². The van der Waals surface area contributed by atoms with E-state index in [-0.39, 0.29) is 0 Å². The summed E-state index contributed by atoms with van der Waals surface area (Å²) in [6, 6.07) is 28.7. The van der Waals surface area contributed by atoms with E-state index in [2.05, 4.69) is 22.8 Å². The number of hydrogen-bond acceptors (Lipinski definition) is 4. The second-order valence-electron chi connectivity index (χ2n) is 7.40. The van der Waals surface area contributed by atoms with Crippen molar-refractivity contribution in [3.63, 3.8) is 0 Å². The summed E-state index contributed by atoms with van der Waals surface area (Å²) in [5, 5.41) is 6.81. The highest BCUT2D eigenvalue weighted by atomic mass is 32.2. The van der Waals surface area contributed by atoms with E-state index in [9.17, 15) is 8.42 Å². The van der Waals surface area contributed by atoms with E-state index in [4.69, 9.17) is 0 Å². The third kappa shape index (κ3) is 7.60. The SMILES string of the molecule is O=S(=O)(c1ccccc1)N(CCCNCCNCc1ccccc1)Cc1ccccc1. The van der Waals surface area contributed by atoms with Gasteiger partial charge in [0.15, 0.2) is 0 Å². The second-order valence-corrected chi connectivity index (χ2v) is 9.34. The van der Waals surface area contributed by atoms with E-state index in [0.717, 1.165) is 38.2 Å². The van der Waals surface area contributed by atoms with Crippen LogP contribution in [-0.4, -0.2) is 38.9 Å². The zero-order valence-corrected chi connectivity index (χ0v) is 18.6. The predicted octanol–water partition coefficient (Wildman–Crippen LogP) is 3.65. The summed E-state index contributed by atoms with van der Waals surface area (Å²) in [6.45, 7) is 4.17. The monoisotopic (exact) mass is 437 g/mol. The van der Waals surface area contributed by atoms with Crippen molar-refractivity contribution in [3.8, 4) is 0 Å². The minimum absolute atomic E-state index is 0.337. The van der Waals surface area contributed by atoms with Gasteiger partial charge in [-0.05, 0) is 36.2 Å². The molecular formula is C25H31N3O2S. The smallest absolute Gasteiger partial charge is 0.243 e. The molecule has 0 radical (unpaired) electrons. The van der Waals surface area contributed by atoms with Crippen molar-refractivity contribution in [3.05, 3.63) is 102 Å². The Morgan fingerprint density at radius 2 is 1.19 bits per heavy atom. The van der Waals surface area contributed by atoms with Crippen LogP contribution < -0.4 is 10.6 Å². The van der Waals surface area contributed by atoms with Crippen LogP contribution in [0.3, 0.4) is 0 Å². The Bertz CT molecular complexity index is 981. The van der Waals surface area contributed by atoms with Crippen molar-refractivity contribution in [2.45, 2.75) is 24.4 Å². The van der Waals surface area contributed by atoms with Crippen LogP contribution in [-0.2, 0) is 23.1 Å². The van der Waals surface area contributed by atoms with Crippen LogP contribution in [0.2, 0.25) is 0 Å². The summed E-state index contributed by atoms with van der Waals surface area (Å²) >= 11 is 0. The standard InChI is InChI=1S/C25H31N3O2S/c29-31(30,25-15-8-3-9-16-25)28(22-24-13-6-2-7-14-24)20-10-17-26-18-19-27-21-23-11-4-1-5-12-23/h1-9,11-16,26-27H,10,17-22H2. The van der Waals surface area contributed by atoms with Gasteiger partial charge in [0.1, 0.15) is 0 Å². The Kier molecular flexibility index (Phi) is 9.24. The second kappa shape index (κ2) is 12.4. The fourth-order valence-corrected chi connectivity index (χ4v) is 4.81. The van der Waals surface area contributed by atoms with Crippen molar-refractivity contribution in [2.24, 2.45) is 0 Å². The van der Waals surface area contributed by atoms with Crippen LogP contribution in [0.5, 0.6) is 0 Å². The molecule has 3 aromatic carbocycles. The summed E-state index contributed by atoms with van der Waals surface area (Å²) in [7, 11) is -3.54. The van der Waals surface area contributed by atoms with Gasteiger partial charge < -0.3 is 10.6 Å². The molecule has 0 aromatic heterocycles. The average molecular weight is 438 g/mol. The minimum Gasteiger partial charge on any atom is -0.315 e. The maximum Gasteiger partial charge on any atom is 0.243 e. The van der Waals surface area contributed by atoms with Gasteiger partial charge in [0.25, 0.3) is 0 Å². The van der Waals surface area contributed by atoms with Gasteiger partial charge in [0, 0.05) is 32.7 Å². The molecule has 0 aliphatic carbocycles. The van der Waals surface area contributed by atoms with E-state index in [1.165, 1.54) is 5.56 Å². The lowest BCUT2D eigenvalue weighted by molar-refractivity contribution is 0.395. The molecule has 6 heteroatoms. The summed E-state index contributed by atoms with van der Waals surface area (Å²) in [5.41, 5.74) is 2.25. The number of rotatable bonds is 13. The van der Waals surface area contributed by atoms with Gasteiger partial charge >= 0.3 is 0 Å². The molecular weight excluding hydrogens is 406 g/mol. The molecule has 0 saturated heterocycles. The quantitative estimate of drug-likeness (QED) is 0.401. The topological polar surface area (TPSA) is 61.4 Å². The predicted molar refractivity (Wildman–Crippen MR) is 126 cm³/mol. The van der Waals surface area contributed by atoms with Gasteiger partial charge in [0.2, 0.25) is 10.0 Å². The molecule has 164 valence electrons. The van der Waals surface area contributed by atoms with Gasteiger partial charge in [-0.3, -0.25) is 0 Å². The van der Waals surface area contributed by atoms with E-state index in [1.54, 1.807) is 28.6 Å². The van der Waals surface area contributed by atoms with Crippen molar-refractivity contribution >= 4 is 10.0 Å². The molecule has 0 saturated carbocycles. The maximum atomic E-state index is 13.2. The molecule has 0 aliphatic rings. The van der Waals surface area contributed by atoms with E-state index < -0.39 is 10.0 Å². The first-order valence-electron chi connectivity index (χ1n) is 10.7. The van der Waals surface area contributed by atoms with Crippen molar-refractivity contribution < 1.29 is 8.42 Å². The molecule has 0 fully saturated rings. The normalized spacial score (nSPS) is 11.6. The van der Waals surface area contributed by atoms with Crippen molar-refractivity contribution in [2.75, 3.05) is 26.2 Å². The van der Waals surface area contributed by atoms with E-state index >= 15 is 0 Å². The number of benzene rings is 3. The molecule has 0 aliphatic heterocycles. The molecule has 3 aromatic rings. The molecule has 3 rings (SSSR count). The third-order valence-corrected chi connectivity index (χ3v) is 6.85.